The predicted octanol–water partition coefficient (Wildman–Crippen LogP) is 2.63. The highest BCUT2D eigenvalue weighted by Crippen LogP contribution is 2.19. The second kappa shape index (κ2) is 5.82. The average Bonchev–Trinajstić information content (AvgIpc) is 2.22. The van der Waals surface area contributed by atoms with Gasteiger partial charge in [0.05, 0.1) is 0 Å². The van der Waals surface area contributed by atoms with E-state index in [1.165, 1.54) is 0 Å². The van der Waals surface area contributed by atoms with Crippen LogP contribution in [0.2, 0.25) is 5.28 Å². The second-order valence-corrected chi connectivity index (χ2v) is 5.41. The highest BCUT2D eigenvalue weighted by molar-refractivity contribution is 6.28. The first kappa shape index (κ1) is 16.5. The third-order valence-electron chi connectivity index (χ3n) is 1.95. The number of carbonyl (C=O) groups is 1. The van der Waals surface area contributed by atoms with Crippen molar-refractivity contribution in [2.75, 3.05) is 11.9 Å². The SMILES string of the molecule is CC(C)(C)NC(=O)c1cnc(Cl)nc1NCC(F)(F)F. The van der Waals surface area contributed by atoms with Crippen LogP contribution in [0.25, 0.3) is 0 Å². The summed E-state index contributed by atoms with van der Waals surface area (Å²) >= 11 is 5.53. The normalized spacial score (nSPS) is 12.2. The van der Waals surface area contributed by atoms with Gasteiger partial charge in [-0.05, 0) is 32.4 Å². The average molecular weight is 311 g/mol. The lowest BCUT2D eigenvalue weighted by atomic mass is 10.1. The van der Waals surface area contributed by atoms with Crippen LogP contribution in [0, 0.1) is 0 Å². The Morgan fingerprint density at radius 3 is 2.45 bits per heavy atom. The molecule has 1 heterocycles. The summed E-state index contributed by atoms with van der Waals surface area (Å²) in [6, 6.07) is 0. The number of amides is 1. The number of hydrogen-bond acceptors (Lipinski definition) is 4. The first-order valence-corrected chi connectivity index (χ1v) is 6.01. The van der Waals surface area contributed by atoms with E-state index in [2.05, 4.69) is 15.3 Å². The Morgan fingerprint density at radius 2 is 1.95 bits per heavy atom. The molecule has 112 valence electrons. The van der Waals surface area contributed by atoms with Crippen LogP contribution in [-0.2, 0) is 0 Å². The standard InChI is InChI=1S/C11H14ClF3N4O/c1-10(2,3)19-8(20)6-4-16-9(12)18-7(6)17-5-11(13,14)15/h4H,5H2,1-3H3,(H,19,20)(H,16,17,18). The van der Waals surface area contributed by atoms with Gasteiger partial charge in [-0.25, -0.2) is 4.98 Å². The van der Waals surface area contributed by atoms with Gasteiger partial charge >= 0.3 is 6.18 Å². The van der Waals surface area contributed by atoms with Crippen molar-refractivity contribution in [3.8, 4) is 0 Å². The number of aromatic nitrogens is 2. The molecular formula is C11H14ClF3N4O. The van der Waals surface area contributed by atoms with Crippen LogP contribution in [-0.4, -0.2) is 34.1 Å². The number of anilines is 1. The molecule has 0 saturated heterocycles. The Morgan fingerprint density at radius 1 is 1.35 bits per heavy atom. The second-order valence-electron chi connectivity index (χ2n) is 5.07. The number of alkyl halides is 3. The van der Waals surface area contributed by atoms with E-state index in [1.54, 1.807) is 20.8 Å². The van der Waals surface area contributed by atoms with Gasteiger partial charge in [0.15, 0.2) is 0 Å². The molecule has 0 aliphatic heterocycles. The summed E-state index contributed by atoms with van der Waals surface area (Å²) in [5.74, 6) is -0.845. The van der Waals surface area contributed by atoms with Gasteiger partial charge in [0.25, 0.3) is 5.91 Å². The maximum atomic E-state index is 12.2. The Kier molecular flexibility index (Phi) is 4.80. The molecule has 1 aromatic rings. The summed E-state index contributed by atoms with van der Waals surface area (Å²) in [6.07, 6.45) is -3.36. The molecule has 0 bridgehead atoms. The minimum Gasteiger partial charge on any atom is -0.360 e. The molecule has 0 atom stereocenters. The third kappa shape index (κ3) is 5.60. The Hall–Kier alpha value is -1.57. The summed E-state index contributed by atoms with van der Waals surface area (Å²) in [6.45, 7) is 3.90. The van der Waals surface area contributed by atoms with E-state index in [0.29, 0.717) is 0 Å². The van der Waals surface area contributed by atoms with Crippen molar-refractivity contribution < 1.29 is 18.0 Å². The van der Waals surface area contributed by atoms with Gasteiger partial charge in [0.1, 0.15) is 17.9 Å². The molecule has 0 aliphatic rings. The van der Waals surface area contributed by atoms with Crippen LogP contribution < -0.4 is 10.6 Å². The lowest BCUT2D eigenvalue weighted by Crippen LogP contribution is -2.41. The fourth-order valence-electron chi connectivity index (χ4n) is 1.25. The molecule has 0 saturated carbocycles. The summed E-state index contributed by atoms with van der Waals surface area (Å²) in [4.78, 5) is 19.2. The molecule has 0 aromatic carbocycles. The monoisotopic (exact) mass is 310 g/mol. The lowest BCUT2D eigenvalue weighted by Gasteiger charge is -2.21. The quantitative estimate of drug-likeness (QED) is 0.842. The zero-order chi connectivity index (χ0) is 15.6. The fraction of sp³-hybridized carbons (Fsp3) is 0.545. The Balaban J connectivity index is 2.98. The van der Waals surface area contributed by atoms with E-state index in [9.17, 15) is 18.0 Å². The highest BCUT2D eigenvalue weighted by Gasteiger charge is 2.28. The molecule has 9 heteroatoms. The Labute approximate surface area is 118 Å². The maximum Gasteiger partial charge on any atom is 0.405 e. The van der Waals surface area contributed by atoms with Crippen molar-refractivity contribution in [2.24, 2.45) is 0 Å². The van der Waals surface area contributed by atoms with Gasteiger partial charge in [0.2, 0.25) is 5.28 Å². The van der Waals surface area contributed by atoms with E-state index in [1.807, 2.05) is 5.32 Å². The van der Waals surface area contributed by atoms with Gasteiger partial charge in [0, 0.05) is 11.7 Å². The first-order valence-electron chi connectivity index (χ1n) is 5.63. The third-order valence-corrected chi connectivity index (χ3v) is 2.13. The minimum absolute atomic E-state index is 0.103. The van der Waals surface area contributed by atoms with E-state index in [0.717, 1.165) is 6.20 Å². The molecule has 0 unspecified atom stereocenters. The number of carbonyl (C=O) groups excluding carboxylic acids is 1. The van der Waals surface area contributed by atoms with Gasteiger partial charge in [-0.1, -0.05) is 0 Å². The molecule has 0 aliphatic carbocycles. The first-order chi connectivity index (χ1) is 8.98. The van der Waals surface area contributed by atoms with Crippen LogP contribution in [0.15, 0.2) is 6.20 Å². The van der Waals surface area contributed by atoms with Gasteiger partial charge in [-0.15, -0.1) is 0 Å². The molecule has 2 N–H and O–H groups in total. The van der Waals surface area contributed by atoms with E-state index < -0.39 is 24.2 Å². The number of nitrogens with zero attached hydrogens (tertiary/aromatic N) is 2. The number of halogens is 4. The van der Waals surface area contributed by atoms with E-state index in [4.69, 9.17) is 11.6 Å². The highest BCUT2D eigenvalue weighted by atomic mass is 35.5. The van der Waals surface area contributed by atoms with Crippen LogP contribution in [0.5, 0.6) is 0 Å². The van der Waals surface area contributed by atoms with Crippen molar-refractivity contribution in [3.63, 3.8) is 0 Å². The van der Waals surface area contributed by atoms with Crippen LogP contribution >= 0.6 is 11.6 Å². The number of nitrogens with one attached hydrogen (secondary N) is 2. The summed E-state index contributed by atoms with van der Waals surface area (Å²) in [7, 11) is 0. The summed E-state index contributed by atoms with van der Waals surface area (Å²) in [5.41, 5.74) is -0.647. The molecule has 20 heavy (non-hydrogen) atoms. The lowest BCUT2D eigenvalue weighted by molar-refractivity contribution is -0.115. The number of rotatable bonds is 3. The van der Waals surface area contributed by atoms with Crippen LogP contribution in [0.4, 0.5) is 19.0 Å². The minimum atomic E-state index is -4.44. The zero-order valence-electron chi connectivity index (χ0n) is 11.1. The molecular weight excluding hydrogens is 297 g/mol. The topological polar surface area (TPSA) is 66.9 Å². The predicted molar refractivity (Wildman–Crippen MR) is 68.8 cm³/mol. The molecule has 5 nitrogen and oxygen atoms in total. The molecule has 1 rings (SSSR count). The zero-order valence-corrected chi connectivity index (χ0v) is 11.9. The van der Waals surface area contributed by atoms with Crippen LogP contribution in [0.3, 0.4) is 0 Å². The van der Waals surface area contributed by atoms with Crippen molar-refractivity contribution >= 4 is 23.3 Å². The van der Waals surface area contributed by atoms with Gasteiger partial charge in [-0.3, -0.25) is 4.79 Å². The fourth-order valence-corrected chi connectivity index (χ4v) is 1.39. The molecule has 0 radical (unpaired) electrons. The largest absolute Gasteiger partial charge is 0.405 e. The smallest absolute Gasteiger partial charge is 0.360 e. The van der Waals surface area contributed by atoms with Crippen molar-refractivity contribution in [1.29, 1.82) is 0 Å². The van der Waals surface area contributed by atoms with Crippen molar-refractivity contribution in [1.82, 2.24) is 15.3 Å². The summed E-state index contributed by atoms with van der Waals surface area (Å²) in [5, 5.41) is 4.40. The molecule has 0 fully saturated rings. The molecule has 1 amide bonds. The maximum absolute atomic E-state index is 12.2. The Bertz CT molecular complexity index is 499. The molecule has 0 spiro atoms. The van der Waals surface area contributed by atoms with Gasteiger partial charge < -0.3 is 10.6 Å². The van der Waals surface area contributed by atoms with Gasteiger partial charge in [-0.2, -0.15) is 18.2 Å². The van der Waals surface area contributed by atoms with Crippen LogP contribution in [0.1, 0.15) is 31.1 Å². The van der Waals surface area contributed by atoms with Crippen molar-refractivity contribution in [3.05, 3.63) is 17.0 Å². The summed E-state index contributed by atoms with van der Waals surface area (Å²) < 4.78 is 36.6. The number of hydrogen-bond donors (Lipinski definition) is 2. The van der Waals surface area contributed by atoms with E-state index >= 15 is 0 Å². The van der Waals surface area contributed by atoms with Crippen molar-refractivity contribution in [2.45, 2.75) is 32.5 Å². The molecule has 1 aromatic heterocycles. The van der Waals surface area contributed by atoms with E-state index in [-0.39, 0.29) is 16.7 Å².